The van der Waals surface area contributed by atoms with Crippen LogP contribution in [0.2, 0.25) is 0 Å². The molecule has 3 rings (SSSR count). The van der Waals surface area contributed by atoms with Gasteiger partial charge < -0.3 is 0 Å². The zero-order chi connectivity index (χ0) is 17.3. The highest BCUT2D eigenvalue weighted by molar-refractivity contribution is 7.80. The number of benzene rings is 1. The van der Waals surface area contributed by atoms with Crippen molar-refractivity contribution < 1.29 is 0 Å². The average molecular weight is 334 g/mol. The van der Waals surface area contributed by atoms with Gasteiger partial charge in [0.05, 0.1) is 5.69 Å². The fraction of sp³-hybridized carbons (Fsp3) is 0.111. The Kier molecular flexibility index (Phi) is 4.19. The van der Waals surface area contributed by atoms with Crippen LogP contribution < -0.4 is 5.56 Å². The van der Waals surface area contributed by atoms with Gasteiger partial charge in [-0.15, -0.1) is 12.6 Å². The average Bonchev–Trinajstić information content (AvgIpc) is 2.58. The molecule has 0 bridgehead atoms. The molecule has 1 aromatic carbocycles. The van der Waals surface area contributed by atoms with Crippen LogP contribution in [0.15, 0.2) is 52.4 Å². The van der Waals surface area contributed by atoms with E-state index >= 15 is 0 Å². The SMILES string of the molecule is Cc1ccc(-n2c(-c3ccccn3)nc(S)c(C#N)c2=O)cc1C. The Morgan fingerprint density at radius 3 is 2.58 bits per heavy atom. The van der Waals surface area contributed by atoms with Gasteiger partial charge in [-0.2, -0.15) is 5.26 Å². The maximum Gasteiger partial charge on any atom is 0.277 e. The molecule has 0 saturated carbocycles. The number of thiol groups is 1. The van der Waals surface area contributed by atoms with Crippen LogP contribution in [0.3, 0.4) is 0 Å². The zero-order valence-corrected chi connectivity index (χ0v) is 14.1. The first kappa shape index (κ1) is 16.0. The first-order valence-corrected chi connectivity index (χ1v) is 7.73. The summed E-state index contributed by atoms with van der Waals surface area (Å²) in [6, 6.07) is 12.9. The monoisotopic (exact) mass is 334 g/mol. The number of nitrogens with zero attached hydrogens (tertiary/aromatic N) is 4. The fourth-order valence-electron chi connectivity index (χ4n) is 2.38. The molecule has 0 aliphatic carbocycles. The summed E-state index contributed by atoms with van der Waals surface area (Å²) in [5, 5.41) is 9.36. The maximum atomic E-state index is 12.8. The van der Waals surface area contributed by atoms with Gasteiger partial charge in [-0.25, -0.2) is 4.98 Å². The molecule has 0 unspecified atom stereocenters. The van der Waals surface area contributed by atoms with Crippen molar-refractivity contribution in [2.75, 3.05) is 0 Å². The Morgan fingerprint density at radius 2 is 1.96 bits per heavy atom. The lowest BCUT2D eigenvalue weighted by Gasteiger charge is -2.14. The standard InChI is InChI=1S/C18H14N4OS/c1-11-6-7-13(9-12(11)2)22-16(15-5-3-4-8-20-15)21-17(24)14(10-19)18(22)23/h3-9,24H,1-2H3. The minimum Gasteiger partial charge on any atom is -0.267 e. The predicted octanol–water partition coefficient (Wildman–Crippen LogP) is 3.07. The van der Waals surface area contributed by atoms with E-state index in [-0.39, 0.29) is 10.6 Å². The molecule has 0 aliphatic heterocycles. The van der Waals surface area contributed by atoms with Crippen LogP contribution in [-0.2, 0) is 0 Å². The van der Waals surface area contributed by atoms with Crippen LogP contribution >= 0.6 is 12.6 Å². The third-order valence-electron chi connectivity index (χ3n) is 3.82. The van der Waals surface area contributed by atoms with Crippen LogP contribution in [0.5, 0.6) is 0 Å². The third-order valence-corrected chi connectivity index (χ3v) is 4.14. The molecular weight excluding hydrogens is 320 g/mol. The van der Waals surface area contributed by atoms with Crippen molar-refractivity contribution in [3.8, 4) is 23.3 Å². The van der Waals surface area contributed by atoms with Crippen molar-refractivity contribution in [2.45, 2.75) is 18.9 Å². The van der Waals surface area contributed by atoms with E-state index in [1.54, 1.807) is 18.3 Å². The highest BCUT2D eigenvalue weighted by Crippen LogP contribution is 2.21. The van der Waals surface area contributed by atoms with Gasteiger partial charge in [0, 0.05) is 6.20 Å². The van der Waals surface area contributed by atoms with Gasteiger partial charge in [0.15, 0.2) is 5.82 Å². The number of nitriles is 1. The van der Waals surface area contributed by atoms with Crippen molar-refractivity contribution in [2.24, 2.45) is 0 Å². The smallest absolute Gasteiger partial charge is 0.267 e. The number of hydrogen-bond donors (Lipinski definition) is 1. The van der Waals surface area contributed by atoms with E-state index in [1.165, 1.54) is 4.57 Å². The molecule has 0 spiro atoms. The van der Waals surface area contributed by atoms with Gasteiger partial charge in [-0.1, -0.05) is 12.1 Å². The van der Waals surface area contributed by atoms with E-state index in [9.17, 15) is 10.1 Å². The molecular formula is C18H14N4OS. The van der Waals surface area contributed by atoms with Gasteiger partial charge >= 0.3 is 0 Å². The highest BCUT2D eigenvalue weighted by Gasteiger charge is 2.18. The summed E-state index contributed by atoms with van der Waals surface area (Å²) in [6.07, 6.45) is 1.63. The number of aryl methyl sites for hydroxylation is 2. The molecule has 0 aliphatic rings. The molecule has 0 atom stereocenters. The molecule has 6 heteroatoms. The number of aromatic nitrogens is 3. The van der Waals surface area contributed by atoms with Gasteiger partial charge in [-0.3, -0.25) is 14.3 Å². The van der Waals surface area contributed by atoms with E-state index in [4.69, 9.17) is 0 Å². The molecule has 3 aromatic rings. The Bertz CT molecular complexity index is 1020. The van der Waals surface area contributed by atoms with Crippen molar-refractivity contribution in [3.05, 3.63) is 69.6 Å². The fourth-order valence-corrected chi connectivity index (χ4v) is 2.62. The van der Waals surface area contributed by atoms with Crippen LogP contribution in [0.25, 0.3) is 17.2 Å². The third kappa shape index (κ3) is 2.70. The molecule has 2 heterocycles. The number of hydrogen-bond acceptors (Lipinski definition) is 5. The second-order valence-corrected chi connectivity index (χ2v) is 5.79. The predicted molar refractivity (Wildman–Crippen MR) is 94.5 cm³/mol. The summed E-state index contributed by atoms with van der Waals surface area (Å²) >= 11 is 4.19. The number of rotatable bonds is 2. The van der Waals surface area contributed by atoms with Gasteiger partial charge in [0.2, 0.25) is 0 Å². The van der Waals surface area contributed by atoms with Gasteiger partial charge in [-0.05, 0) is 49.2 Å². The van der Waals surface area contributed by atoms with Crippen molar-refractivity contribution in [3.63, 3.8) is 0 Å². The van der Waals surface area contributed by atoms with E-state index in [0.29, 0.717) is 17.2 Å². The zero-order valence-electron chi connectivity index (χ0n) is 13.2. The molecule has 24 heavy (non-hydrogen) atoms. The molecule has 5 nitrogen and oxygen atoms in total. The normalized spacial score (nSPS) is 10.4. The first-order chi connectivity index (χ1) is 11.5. The lowest BCUT2D eigenvalue weighted by Crippen LogP contribution is -2.25. The summed E-state index contributed by atoms with van der Waals surface area (Å²) in [4.78, 5) is 21.5. The summed E-state index contributed by atoms with van der Waals surface area (Å²) < 4.78 is 1.41. The van der Waals surface area contributed by atoms with Crippen LogP contribution in [0, 0.1) is 25.2 Å². The molecule has 0 saturated heterocycles. The second-order valence-electron chi connectivity index (χ2n) is 5.37. The quantitative estimate of drug-likeness (QED) is 0.577. The molecule has 0 radical (unpaired) electrons. The summed E-state index contributed by atoms with van der Waals surface area (Å²) in [5.41, 5.74) is 2.79. The largest absolute Gasteiger partial charge is 0.277 e. The second kappa shape index (κ2) is 6.30. The summed E-state index contributed by atoms with van der Waals surface area (Å²) in [5.74, 6) is 0.354. The minimum absolute atomic E-state index is 0.0868. The summed E-state index contributed by atoms with van der Waals surface area (Å²) in [7, 11) is 0. The molecule has 0 fully saturated rings. The molecule has 2 aromatic heterocycles. The van der Waals surface area contributed by atoms with Crippen molar-refractivity contribution in [1.82, 2.24) is 14.5 Å². The van der Waals surface area contributed by atoms with E-state index in [2.05, 4.69) is 22.6 Å². The topological polar surface area (TPSA) is 71.6 Å². The summed E-state index contributed by atoms with van der Waals surface area (Å²) in [6.45, 7) is 3.97. The van der Waals surface area contributed by atoms with Crippen molar-refractivity contribution in [1.29, 1.82) is 5.26 Å². The first-order valence-electron chi connectivity index (χ1n) is 7.28. The highest BCUT2D eigenvalue weighted by atomic mass is 32.1. The van der Waals surface area contributed by atoms with Crippen LogP contribution in [-0.4, -0.2) is 14.5 Å². The lowest BCUT2D eigenvalue weighted by molar-refractivity contribution is 0.885. The van der Waals surface area contributed by atoms with Crippen LogP contribution in [0.1, 0.15) is 16.7 Å². The van der Waals surface area contributed by atoms with Crippen molar-refractivity contribution >= 4 is 12.6 Å². The van der Waals surface area contributed by atoms with Crippen LogP contribution in [0.4, 0.5) is 0 Å². The molecule has 118 valence electrons. The Labute approximate surface area is 144 Å². The number of pyridine rings is 1. The van der Waals surface area contributed by atoms with E-state index in [0.717, 1.165) is 11.1 Å². The van der Waals surface area contributed by atoms with E-state index in [1.807, 2.05) is 44.2 Å². The minimum atomic E-state index is -0.457. The van der Waals surface area contributed by atoms with Gasteiger partial charge in [0.25, 0.3) is 5.56 Å². The maximum absolute atomic E-state index is 12.8. The molecule has 0 amide bonds. The lowest BCUT2D eigenvalue weighted by atomic mass is 10.1. The Morgan fingerprint density at radius 1 is 1.17 bits per heavy atom. The Balaban J connectivity index is 2.40. The van der Waals surface area contributed by atoms with E-state index < -0.39 is 5.56 Å². The Hall–Kier alpha value is -2.91. The van der Waals surface area contributed by atoms with Gasteiger partial charge in [0.1, 0.15) is 22.4 Å². The molecule has 0 N–H and O–H groups in total.